The lowest BCUT2D eigenvalue weighted by molar-refractivity contribution is 0.0998. The van der Waals surface area contributed by atoms with E-state index in [0.717, 1.165) is 0 Å². The third-order valence-corrected chi connectivity index (χ3v) is 3.96. The molecule has 3 aromatic heterocycles. The van der Waals surface area contributed by atoms with Gasteiger partial charge in [-0.2, -0.15) is 0 Å². The lowest BCUT2D eigenvalue weighted by atomic mass is 10.2. The molecule has 0 aliphatic carbocycles. The van der Waals surface area contributed by atoms with Gasteiger partial charge in [0.2, 0.25) is 0 Å². The van der Waals surface area contributed by atoms with E-state index >= 15 is 0 Å². The van der Waals surface area contributed by atoms with Crippen LogP contribution in [0, 0.1) is 5.41 Å². The highest BCUT2D eigenvalue weighted by atomic mass is 16.5. The molecular formula is C17H19N5O3. The molecule has 0 aromatic carbocycles. The molecule has 3 rings (SSSR count). The molecule has 0 saturated heterocycles. The van der Waals surface area contributed by atoms with Gasteiger partial charge in [0.25, 0.3) is 11.5 Å². The summed E-state index contributed by atoms with van der Waals surface area (Å²) in [6.07, 6.45) is 2.24. The third-order valence-electron chi connectivity index (χ3n) is 3.96. The first-order valence-corrected chi connectivity index (χ1v) is 8.01. The summed E-state index contributed by atoms with van der Waals surface area (Å²) in [6.45, 7) is 3.41. The van der Waals surface area contributed by atoms with E-state index in [4.69, 9.17) is 15.9 Å². The van der Waals surface area contributed by atoms with Crippen LogP contribution in [0.3, 0.4) is 0 Å². The highest BCUT2D eigenvalue weighted by molar-refractivity contribution is 5.95. The second-order valence-electron chi connectivity index (χ2n) is 5.56. The minimum Gasteiger partial charge on any atom is -0.382 e. The maximum Gasteiger partial charge on any atom is 0.267 e. The fraction of sp³-hybridized carbons (Fsp3) is 0.294. The largest absolute Gasteiger partial charge is 0.382 e. The summed E-state index contributed by atoms with van der Waals surface area (Å²) in [5.74, 6) is -0.747. The molecule has 0 radical (unpaired) electrons. The quantitative estimate of drug-likeness (QED) is 0.506. The number of amides is 1. The maximum absolute atomic E-state index is 12.8. The van der Waals surface area contributed by atoms with Crippen molar-refractivity contribution in [2.45, 2.75) is 19.9 Å². The van der Waals surface area contributed by atoms with E-state index in [-0.39, 0.29) is 22.0 Å². The van der Waals surface area contributed by atoms with Gasteiger partial charge in [0.05, 0.1) is 10.9 Å². The van der Waals surface area contributed by atoms with Crippen molar-refractivity contribution in [1.82, 2.24) is 14.0 Å². The van der Waals surface area contributed by atoms with Crippen molar-refractivity contribution in [1.29, 1.82) is 5.41 Å². The molecule has 3 heterocycles. The summed E-state index contributed by atoms with van der Waals surface area (Å²) in [5, 5.41) is 8.54. The molecule has 0 fully saturated rings. The Kier molecular flexibility index (Phi) is 4.62. The Labute approximate surface area is 143 Å². The zero-order valence-corrected chi connectivity index (χ0v) is 13.9. The summed E-state index contributed by atoms with van der Waals surface area (Å²) in [4.78, 5) is 29.0. The lowest BCUT2D eigenvalue weighted by Gasteiger charge is -2.13. The number of primary amides is 1. The zero-order valence-electron chi connectivity index (χ0n) is 13.9. The fourth-order valence-corrected chi connectivity index (χ4v) is 2.76. The Morgan fingerprint density at radius 1 is 1.40 bits per heavy atom. The molecule has 1 amide bonds. The first-order valence-electron chi connectivity index (χ1n) is 8.01. The van der Waals surface area contributed by atoms with Gasteiger partial charge in [-0.05, 0) is 31.5 Å². The molecule has 3 aromatic rings. The van der Waals surface area contributed by atoms with E-state index < -0.39 is 5.91 Å². The summed E-state index contributed by atoms with van der Waals surface area (Å²) in [7, 11) is 0. The van der Waals surface area contributed by atoms with Gasteiger partial charge >= 0.3 is 0 Å². The normalized spacial score (nSPS) is 11.2. The van der Waals surface area contributed by atoms with Gasteiger partial charge in [-0.3, -0.25) is 19.4 Å². The number of ether oxygens (including phenoxy) is 1. The third kappa shape index (κ3) is 3.03. The van der Waals surface area contributed by atoms with Crippen LogP contribution < -0.4 is 16.8 Å². The van der Waals surface area contributed by atoms with Gasteiger partial charge in [0.15, 0.2) is 0 Å². The van der Waals surface area contributed by atoms with E-state index in [2.05, 4.69) is 4.98 Å². The predicted octanol–water partition coefficient (Wildman–Crippen LogP) is 0.654. The Hall–Kier alpha value is -3.00. The molecular weight excluding hydrogens is 322 g/mol. The molecule has 25 heavy (non-hydrogen) atoms. The molecule has 130 valence electrons. The first-order chi connectivity index (χ1) is 12.0. The van der Waals surface area contributed by atoms with Gasteiger partial charge in [-0.25, -0.2) is 4.98 Å². The van der Waals surface area contributed by atoms with E-state index in [1.54, 1.807) is 29.0 Å². The Morgan fingerprint density at radius 3 is 2.92 bits per heavy atom. The summed E-state index contributed by atoms with van der Waals surface area (Å²) < 4.78 is 8.27. The smallest absolute Gasteiger partial charge is 0.267 e. The second-order valence-corrected chi connectivity index (χ2v) is 5.56. The average molecular weight is 341 g/mol. The second kappa shape index (κ2) is 6.86. The summed E-state index contributed by atoms with van der Waals surface area (Å²) >= 11 is 0. The van der Waals surface area contributed by atoms with E-state index in [1.165, 1.54) is 10.5 Å². The van der Waals surface area contributed by atoms with Crippen molar-refractivity contribution in [2.75, 3.05) is 13.2 Å². The number of fused-ring (bicyclic) bond motifs is 2. The van der Waals surface area contributed by atoms with Gasteiger partial charge in [-0.15, -0.1) is 0 Å². The predicted molar refractivity (Wildman–Crippen MR) is 92.4 cm³/mol. The Morgan fingerprint density at radius 2 is 2.20 bits per heavy atom. The van der Waals surface area contributed by atoms with Gasteiger partial charge < -0.3 is 15.0 Å². The molecule has 0 unspecified atom stereocenters. The van der Waals surface area contributed by atoms with Crippen LogP contribution in [0.1, 0.15) is 23.7 Å². The molecule has 8 nitrogen and oxygen atoms in total. The van der Waals surface area contributed by atoms with Crippen LogP contribution >= 0.6 is 0 Å². The van der Waals surface area contributed by atoms with Crippen LogP contribution in [0.15, 0.2) is 35.3 Å². The molecule has 3 N–H and O–H groups in total. The van der Waals surface area contributed by atoms with Crippen LogP contribution in [0.2, 0.25) is 0 Å². The standard InChI is InChI=1S/C17H19N5O3/c1-2-25-9-5-8-22-14(18)11(15(19)23)10-12-16(22)20-13-6-3-4-7-21(13)17(12)24/h3-4,6-7,10,18H,2,5,8-9H2,1H3,(H2,19,23). The number of aryl methyl sites for hydroxylation is 1. The number of carbonyl (C=O) groups excluding carboxylic acids is 1. The number of aromatic nitrogens is 3. The molecule has 8 heteroatoms. The number of nitrogens with two attached hydrogens (primary N) is 1. The van der Waals surface area contributed by atoms with Gasteiger partial charge in [0.1, 0.15) is 16.8 Å². The van der Waals surface area contributed by atoms with Gasteiger partial charge in [0, 0.05) is 26.0 Å². The van der Waals surface area contributed by atoms with Gasteiger partial charge in [-0.1, -0.05) is 6.07 Å². The van der Waals surface area contributed by atoms with E-state index in [1.807, 2.05) is 6.92 Å². The van der Waals surface area contributed by atoms with E-state index in [0.29, 0.717) is 37.5 Å². The number of carbonyl (C=O) groups is 1. The fourth-order valence-electron chi connectivity index (χ4n) is 2.76. The number of hydrogen-bond donors (Lipinski definition) is 2. The van der Waals surface area contributed by atoms with Crippen molar-refractivity contribution >= 4 is 22.6 Å². The topological polar surface area (TPSA) is 115 Å². The van der Waals surface area contributed by atoms with E-state index in [9.17, 15) is 9.59 Å². The number of nitrogens with zero attached hydrogens (tertiary/aromatic N) is 3. The van der Waals surface area contributed by atoms with Crippen molar-refractivity contribution in [3.05, 3.63) is 51.9 Å². The molecule has 0 bridgehead atoms. The van der Waals surface area contributed by atoms with Crippen molar-refractivity contribution in [3.8, 4) is 0 Å². The lowest BCUT2D eigenvalue weighted by Crippen LogP contribution is -2.32. The monoisotopic (exact) mass is 341 g/mol. The number of pyridine rings is 2. The number of hydrogen-bond acceptors (Lipinski definition) is 5. The summed E-state index contributed by atoms with van der Waals surface area (Å²) in [6, 6.07) is 6.59. The molecule has 0 saturated carbocycles. The first kappa shape index (κ1) is 16.8. The van der Waals surface area contributed by atoms with Crippen molar-refractivity contribution < 1.29 is 9.53 Å². The zero-order chi connectivity index (χ0) is 18.0. The molecule has 0 aliphatic rings. The van der Waals surface area contributed by atoms with Crippen molar-refractivity contribution in [2.24, 2.45) is 5.73 Å². The SMILES string of the molecule is CCOCCCn1c(=N)c(C(N)=O)cc2c(=O)n3ccccc3nc21. The van der Waals surface area contributed by atoms with Crippen LogP contribution in [-0.2, 0) is 11.3 Å². The van der Waals surface area contributed by atoms with Crippen LogP contribution in [-0.4, -0.2) is 33.1 Å². The number of nitrogens with one attached hydrogen (secondary N) is 1. The Balaban J connectivity index is 2.29. The summed E-state index contributed by atoms with van der Waals surface area (Å²) in [5.41, 5.74) is 5.87. The number of rotatable bonds is 6. The van der Waals surface area contributed by atoms with Crippen LogP contribution in [0.25, 0.3) is 16.7 Å². The molecule has 0 spiro atoms. The minimum atomic E-state index is -0.747. The minimum absolute atomic E-state index is 0.00121. The molecule has 0 atom stereocenters. The van der Waals surface area contributed by atoms with Crippen molar-refractivity contribution in [3.63, 3.8) is 0 Å². The van der Waals surface area contributed by atoms with Crippen LogP contribution in [0.5, 0.6) is 0 Å². The van der Waals surface area contributed by atoms with Crippen LogP contribution in [0.4, 0.5) is 0 Å². The molecule has 0 aliphatic heterocycles. The maximum atomic E-state index is 12.8. The average Bonchev–Trinajstić information content (AvgIpc) is 2.60. The highest BCUT2D eigenvalue weighted by Gasteiger charge is 2.15. The Bertz CT molecular complexity index is 1070. The highest BCUT2D eigenvalue weighted by Crippen LogP contribution is 2.10.